The molecule has 0 amide bonds. The van der Waals surface area contributed by atoms with Gasteiger partial charge in [-0.15, -0.1) is 0 Å². The molecule has 0 saturated carbocycles. The summed E-state index contributed by atoms with van der Waals surface area (Å²) in [5.41, 5.74) is 6.51. The molecular formula is C37H61FN2. The maximum Gasteiger partial charge on any atom is 0.142 e. The number of hydrogen-bond acceptors (Lipinski definition) is 2. The van der Waals surface area contributed by atoms with Crippen LogP contribution in [-0.4, -0.2) is 12.1 Å². The predicted molar refractivity (Wildman–Crippen MR) is 179 cm³/mol. The molecule has 0 aromatic heterocycles. The molecule has 0 aromatic rings. The Balaban J connectivity index is 5.88. The summed E-state index contributed by atoms with van der Waals surface area (Å²) < 4.78 is 15.6. The summed E-state index contributed by atoms with van der Waals surface area (Å²) in [6.07, 6.45) is 14.8. The number of halogens is 1. The predicted octanol–water partition coefficient (Wildman–Crippen LogP) is 11.2. The van der Waals surface area contributed by atoms with Crippen molar-refractivity contribution in [1.29, 1.82) is 0 Å². The quantitative estimate of drug-likeness (QED) is 0.123. The van der Waals surface area contributed by atoms with Gasteiger partial charge in [0.15, 0.2) is 0 Å². The van der Waals surface area contributed by atoms with E-state index in [9.17, 15) is 0 Å². The monoisotopic (exact) mass is 552 g/mol. The third kappa shape index (κ3) is 15.3. The first-order valence-electron chi connectivity index (χ1n) is 15.2. The second kappa shape index (κ2) is 18.7. The fourth-order valence-corrected chi connectivity index (χ4v) is 4.90. The molecule has 0 aliphatic rings. The van der Waals surface area contributed by atoms with E-state index in [0.29, 0.717) is 18.0 Å². The topological polar surface area (TPSA) is 24.1 Å². The summed E-state index contributed by atoms with van der Waals surface area (Å²) in [5.74, 6) is 0.0906. The molecule has 2 nitrogen and oxygen atoms in total. The van der Waals surface area contributed by atoms with E-state index in [4.69, 9.17) is 0 Å². The largest absolute Gasteiger partial charge is 0.384 e. The Morgan fingerprint density at radius 3 is 2.08 bits per heavy atom. The van der Waals surface area contributed by atoms with Crippen molar-refractivity contribution in [1.82, 2.24) is 10.6 Å². The normalized spacial score (nSPS) is 16.0. The van der Waals surface area contributed by atoms with Gasteiger partial charge in [0.1, 0.15) is 5.83 Å². The van der Waals surface area contributed by atoms with Gasteiger partial charge in [0.05, 0.1) is 0 Å². The van der Waals surface area contributed by atoms with Gasteiger partial charge in [0.25, 0.3) is 0 Å². The van der Waals surface area contributed by atoms with Crippen LogP contribution >= 0.6 is 0 Å². The summed E-state index contributed by atoms with van der Waals surface area (Å²) in [6, 6.07) is 0.131. The highest BCUT2D eigenvalue weighted by atomic mass is 19.1. The molecule has 0 aliphatic heterocycles. The fraction of sp³-hybridized carbons (Fsp3) is 0.568. The Bertz CT molecular complexity index is 980. The van der Waals surface area contributed by atoms with Crippen LogP contribution in [0.25, 0.3) is 0 Å². The molecule has 0 aromatic carbocycles. The van der Waals surface area contributed by atoms with E-state index in [1.807, 2.05) is 13.0 Å². The van der Waals surface area contributed by atoms with Crippen LogP contribution in [0.1, 0.15) is 114 Å². The Morgan fingerprint density at radius 2 is 1.57 bits per heavy atom. The SMILES string of the molecule is C=C/C=C(\C=C(/C)CCCCC)CC(=C)/C(=C\C(F)=C(/C)NC(C)C(NC(=C)CC(C)(C)C)C(C)CC)C(=C)C. The summed E-state index contributed by atoms with van der Waals surface area (Å²) >= 11 is 0. The minimum absolute atomic E-state index is 0.00486. The summed E-state index contributed by atoms with van der Waals surface area (Å²) in [6.45, 7) is 37.8. The van der Waals surface area contributed by atoms with Gasteiger partial charge in [0.2, 0.25) is 0 Å². The summed E-state index contributed by atoms with van der Waals surface area (Å²) in [7, 11) is 0. The smallest absolute Gasteiger partial charge is 0.142 e. The standard InChI is InChI=1S/C37H61FN2/c1-15-18-19-21-27(6)22-33(20-16-2)23-29(8)34(26(4)5)24-35(38)31(10)40-32(11)36(28(7)17-3)39-30(9)25-37(12,13)14/h16,20,22,24,28,32,36,39-40H,2,4,8-9,15,17-19,21,23,25H2,1,3,5-7,10-14H3/b27-22+,33-20+,34-24-,35-31-. The Hall–Kier alpha value is -2.55. The van der Waals surface area contributed by atoms with Gasteiger partial charge in [-0.1, -0.05) is 116 Å². The zero-order valence-corrected chi connectivity index (χ0v) is 27.7. The molecule has 0 aliphatic carbocycles. The molecule has 40 heavy (non-hydrogen) atoms. The lowest BCUT2D eigenvalue weighted by molar-refractivity contribution is 0.306. The van der Waals surface area contributed by atoms with Crippen LogP contribution in [-0.2, 0) is 0 Å². The van der Waals surface area contributed by atoms with E-state index in [2.05, 4.69) is 98.4 Å². The van der Waals surface area contributed by atoms with Gasteiger partial charge in [-0.25, -0.2) is 4.39 Å². The van der Waals surface area contributed by atoms with Crippen LogP contribution in [0.5, 0.6) is 0 Å². The third-order valence-electron chi connectivity index (χ3n) is 7.18. The lowest BCUT2D eigenvalue weighted by atomic mass is 9.88. The molecule has 3 atom stereocenters. The molecule has 0 radical (unpaired) electrons. The molecule has 3 unspecified atom stereocenters. The molecule has 0 spiro atoms. The molecule has 0 bridgehead atoms. The summed E-state index contributed by atoms with van der Waals surface area (Å²) in [5, 5.41) is 7.07. The molecule has 0 fully saturated rings. The molecule has 0 rings (SSSR count). The number of hydrogen-bond donors (Lipinski definition) is 2. The van der Waals surface area contributed by atoms with Gasteiger partial charge >= 0.3 is 0 Å². The Labute approximate surface area is 248 Å². The first kappa shape index (κ1) is 37.5. The van der Waals surface area contributed by atoms with E-state index in [-0.39, 0.29) is 23.3 Å². The van der Waals surface area contributed by atoms with Crippen LogP contribution in [0.2, 0.25) is 0 Å². The number of unbranched alkanes of at least 4 members (excludes halogenated alkanes) is 2. The van der Waals surface area contributed by atoms with Crippen LogP contribution in [0.4, 0.5) is 4.39 Å². The third-order valence-corrected chi connectivity index (χ3v) is 7.18. The van der Waals surface area contributed by atoms with Crippen molar-refractivity contribution in [3.8, 4) is 0 Å². The molecule has 2 N–H and O–H groups in total. The average Bonchev–Trinajstić information content (AvgIpc) is 2.83. The minimum Gasteiger partial charge on any atom is -0.384 e. The van der Waals surface area contributed by atoms with E-state index in [1.54, 1.807) is 19.1 Å². The second-order valence-corrected chi connectivity index (χ2v) is 12.8. The highest BCUT2D eigenvalue weighted by Gasteiger charge is 2.25. The van der Waals surface area contributed by atoms with E-state index in [0.717, 1.165) is 47.3 Å². The highest BCUT2D eigenvalue weighted by molar-refractivity contribution is 5.49. The van der Waals surface area contributed by atoms with Crippen LogP contribution < -0.4 is 10.6 Å². The average molecular weight is 553 g/mol. The van der Waals surface area contributed by atoms with Crippen LogP contribution in [0, 0.1) is 11.3 Å². The second-order valence-electron chi connectivity index (χ2n) is 12.8. The minimum atomic E-state index is -0.303. The zero-order chi connectivity index (χ0) is 31.0. The van der Waals surface area contributed by atoms with Crippen molar-refractivity contribution in [3.63, 3.8) is 0 Å². The van der Waals surface area contributed by atoms with Crippen molar-refractivity contribution in [2.24, 2.45) is 11.3 Å². The molecule has 0 saturated heterocycles. The first-order chi connectivity index (χ1) is 18.6. The molecule has 226 valence electrons. The van der Waals surface area contributed by atoms with Crippen LogP contribution in [0.15, 0.2) is 95.7 Å². The fourth-order valence-electron chi connectivity index (χ4n) is 4.90. The number of allylic oxidation sites excluding steroid dienone is 12. The Kier molecular flexibility index (Phi) is 17.5. The molecule has 3 heteroatoms. The zero-order valence-electron chi connectivity index (χ0n) is 27.7. The Morgan fingerprint density at radius 1 is 0.950 bits per heavy atom. The van der Waals surface area contributed by atoms with Crippen molar-refractivity contribution in [2.75, 3.05) is 0 Å². The van der Waals surface area contributed by atoms with Crippen molar-refractivity contribution in [2.45, 2.75) is 126 Å². The van der Waals surface area contributed by atoms with Crippen molar-refractivity contribution >= 4 is 0 Å². The van der Waals surface area contributed by atoms with Crippen LogP contribution in [0.3, 0.4) is 0 Å². The number of rotatable bonds is 19. The maximum absolute atomic E-state index is 15.6. The maximum atomic E-state index is 15.6. The van der Waals surface area contributed by atoms with Gasteiger partial charge in [0, 0.05) is 23.5 Å². The van der Waals surface area contributed by atoms with E-state index >= 15 is 4.39 Å². The first-order valence-corrected chi connectivity index (χ1v) is 15.2. The summed E-state index contributed by atoms with van der Waals surface area (Å²) in [4.78, 5) is 0. The molecular weight excluding hydrogens is 491 g/mol. The van der Waals surface area contributed by atoms with Crippen molar-refractivity contribution < 1.29 is 4.39 Å². The van der Waals surface area contributed by atoms with E-state index in [1.165, 1.54) is 24.8 Å². The lowest BCUT2D eigenvalue weighted by Crippen LogP contribution is -2.49. The van der Waals surface area contributed by atoms with Gasteiger partial charge in [-0.3, -0.25) is 0 Å². The highest BCUT2D eigenvalue weighted by Crippen LogP contribution is 2.28. The lowest BCUT2D eigenvalue weighted by Gasteiger charge is -2.34. The number of nitrogens with one attached hydrogen (secondary N) is 2. The molecule has 0 heterocycles. The van der Waals surface area contributed by atoms with Gasteiger partial charge in [-0.05, 0) is 87.5 Å². The van der Waals surface area contributed by atoms with Gasteiger partial charge < -0.3 is 10.6 Å². The van der Waals surface area contributed by atoms with Gasteiger partial charge in [-0.2, -0.15) is 0 Å². The van der Waals surface area contributed by atoms with E-state index < -0.39 is 0 Å². The van der Waals surface area contributed by atoms with Crippen molar-refractivity contribution in [3.05, 3.63) is 95.7 Å².